The lowest BCUT2D eigenvalue weighted by Gasteiger charge is -2.32. The van der Waals surface area contributed by atoms with E-state index in [-0.39, 0.29) is 5.92 Å². The van der Waals surface area contributed by atoms with Crippen LogP contribution in [0.1, 0.15) is 101 Å². The van der Waals surface area contributed by atoms with Gasteiger partial charge in [-0.2, -0.15) is 13.2 Å². The first kappa shape index (κ1) is 29.5. The Bertz CT molecular complexity index is 1140. The highest BCUT2D eigenvalue weighted by molar-refractivity contribution is 5.67. The summed E-state index contributed by atoms with van der Waals surface area (Å²) in [4.78, 5) is 0. The predicted octanol–water partition coefficient (Wildman–Crippen LogP) is 10.5. The van der Waals surface area contributed by atoms with Gasteiger partial charge in [-0.05, 0) is 84.7 Å². The van der Waals surface area contributed by atoms with Crippen LogP contribution in [0.5, 0.6) is 0 Å². The van der Waals surface area contributed by atoms with Crippen molar-refractivity contribution in [2.45, 2.75) is 96.1 Å². The van der Waals surface area contributed by atoms with Gasteiger partial charge in [-0.1, -0.05) is 64.2 Å². The molecular weight excluding hydrogens is 517 g/mol. The third kappa shape index (κ3) is 7.80. The van der Waals surface area contributed by atoms with Crippen LogP contribution in [-0.4, -0.2) is 6.18 Å². The lowest BCUT2D eigenvalue weighted by Crippen LogP contribution is -2.18. The average Bonchev–Trinajstić information content (AvgIpc) is 2.87. The summed E-state index contributed by atoms with van der Waals surface area (Å²) < 4.78 is 95.6. The summed E-state index contributed by atoms with van der Waals surface area (Å²) in [5, 5.41) is 0. The highest BCUT2D eigenvalue weighted by Crippen LogP contribution is 2.41. The van der Waals surface area contributed by atoms with E-state index in [1.807, 2.05) is 0 Å². The van der Waals surface area contributed by atoms with E-state index < -0.39 is 46.1 Å². The van der Waals surface area contributed by atoms with Crippen molar-refractivity contribution in [3.8, 4) is 23.0 Å². The second-order valence-corrected chi connectivity index (χ2v) is 11.4. The van der Waals surface area contributed by atoms with Gasteiger partial charge in [-0.25, -0.2) is 17.6 Å². The Hall–Kier alpha value is -2.49. The molecule has 2 aliphatic carbocycles. The van der Waals surface area contributed by atoms with Crippen molar-refractivity contribution in [2.24, 2.45) is 17.8 Å². The van der Waals surface area contributed by atoms with Gasteiger partial charge in [0.2, 0.25) is 0 Å². The van der Waals surface area contributed by atoms with Crippen molar-refractivity contribution < 1.29 is 30.7 Å². The fourth-order valence-corrected chi connectivity index (χ4v) is 6.55. The van der Waals surface area contributed by atoms with Gasteiger partial charge in [-0.3, -0.25) is 0 Å². The molecule has 0 atom stereocenters. The molecule has 212 valence electrons. The normalized spacial score (nSPS) is 23.8. The summed E-state index contributed by atoms with van der Waals surface area (Å²) in [6.45, 7) is 2.25. The number of halogens is 7. The Morgan fingerprint density at radius 1 is 0.667 bits per heavy atom. The lowest BCUT2D eigenvalue weighted by molar-refractivity contribution is -0.0696. The highest BCUT2D eigenvalue weighted by Gasteiger charge is 2.27. The van der Waals surface area contributed by atoms with Gasteiger partial charge in [0, 0.05) is 5.92 Å². The molecule has 0 nitrogen and oxygen atoms in total. The minimum absolute atomic E-state index is 0.0114. The largest absolute Gasteiger partial charge is 0.458 e. The van der Waals surface area contributed by atoms with Gasteiger partial charge in [0.25, 0.3) is 0 Å². The Balaban J connectivity index is 1.37. The monoisotopic (exact) mass is 552 g/mol. The molecule has 4 rings (SSSR count). The first-order valence-corrected chi connectivity index (χ1v) is 14.1. The van der Waals surface area contributed by atoms with E-state index in [2.05, 4.69) is 6.92 Å². The molecule has 0 aliphatic heterocycles. The van der Waals surface area contributed by atoms with Crippen LogP contribution in [-0.2, 0) is 0 Å². The number of alkyl halides is 3. The van der Waals surface area contributed by atoms with Crippen molar-refractivity contribution in [3.63, 3.8) is 0 Å². The van der Waals surface area contributed by atoms with Gasteiger partial charge in [0.1, 0.15) is 23.3 Å². The standard InChI is InChI=1S/C32H35F7/c1-2-3-20-4-6-21(7-5-20)8-9-22-10-12-23(13-11-22)24-16-29(35)31(30(36)17-24)25-18-27(33)26(28(34)19-25)14-15-32(37,38)39/h16-23H,2-13H2,1H3. The maximum atomic E-state index is 15.0. The molecule has 0 spiro atoms. The topological polar surface area (TPSA) is 0 Å². The van der Waals surface area contributed by atoms with Crippen molar-refractivity contribution in [1.29, 1.82) is 0 Å². The number of hydrogen-bond donors (Lipinski definition) is 0. The quantitative estimate of drug-likeness (QED) is 0.237. The van der Waals surface area contributed by atoms with Crippen molar-refractivity contribution in [3.05, 3.63) is 58.7 Å². The molecule has 2 aliphatic rings. The molecule has 0 radical (unpaired) electrons. The number of rotatable bonds is 7. The minimum atomic E-state index is -4.93. The summed E-state index contributed by atoms with van der Waals surface area (Å²) in [7, 11) is 0. The van der Waals surface area contributed by atoms with Gasteiger partial charge >= 0.3 is 6.18 Å². The third-order valence-corrected chi connectivity index (χ3v) is 8.69. The Morgan fingerprint density at radius 3 is 1.59 bits per heavy atom. The summed E-state index contributed by atoms with van der Waals surface area (Å²) in [6, 6.07) is 3.63. The molecule has 0 unspecified atom stereocenters. The molecule has 39 heavy (non-hydrogen) atoms. The number of hydrogen-bond acceptors (Lipinski definition) is 0. The Kier molecular flexibility index (Phi) is 9.67. The van der Waals surface area contributed by atoms with E-state index in [0.717, 1.165) is 43.4 Å². The molecule has 0 saturated heterocycles. The zero-order valence-electron chi connectivity index (χ0n) is 22.2. The van der Waals surface area contributed by atoms with E-state index in [1.165, 1.54) is 69.4 Å². The van der Waals surface area contributed by atoms with Crippen molar-refractivity contribution >= 4 is 0 Å². The first-order valence-electron chi connectivity index (χ1n) is 14.1. The molecule has 2 saturated carbocycles. The zero-order valence-corrected chi connectivity index (χ0v) is 22.2. The van der Waals surface area contributed by atoms with E-state index in [1.54, 1.807) is 0 Å². The lowest BCUT2D eigenvalue weighted by atomic mass is 9.74. The highest BCUT2D eigenvalue weighted by atomic mass is 19.4. The van der Waals surface area contributed by atoms with Gasteiger partial charge in [-0.15, -0.1) is 0 Å². The van der Waals surface area contributed by atoms with Crippen LogP contribution < -0.4 is 0 Å². The van der Waals surface area contributed by atoms with Gasteiger partial charge in [0.05, 0.1) is 11.1 Å². The second kappa shape index (κ2) is 12.8. The number of benzene rings is 2. The molecule has 2 aromatic carbocycles. The van der Waals surface area contributed by atoms with Crippen LogP contribution in [0.4, 0.5) is 30.7 Å². The molecule has 0 amide bonds. The maximum absolute atomic E-state index is 15.0. The molecule has 7 heteroatoms. The van der Waals surface area contributed by atoms with Crippen LogP contribution in [0.15, 0.2) is 24.3 Å². The second-order valence-electron chi connectivity index (χ2n) is 11.4. The molecule has 2 aromatic rings. The Morgan fingerprint density at radius 2 is 1.13 bits per heavy atom. The van der Waals surface area contributed by atoms with E-state index in [4.69, 9.17) is 0 Å². The average molecular weight is 553 g/mol. The summed E-state index contributed by atoms with van der Waals surface area (Å²) in [5.41, 5.74) is -1.63. The minimum Gasteiger partial charge on any atom is -0.206 e. The van der Waals surface area contributed by atoms with Crippen LogP contribution in [0.25, 0.3) is 11.1 Å². The molecule has 0 heterocycles. The predicted molar refractivity (Wildman–Crippen MR) is 139 cm³/mol. The zero-order chi connectivity index (χ0) is 28.2. The van der Waals surface area contributed by atoms with Crippen LogP contribution >= 0.6 is 0 Å². The molecular formula is C32H35F7. The fraction of sp³-hybridized carbons (Fsp3) is 0.562. The summed E-state index contributed by atoms with van der Waals surface area (Å²) in [5.74, 6) is -0.175. The van der Waals surface area contributed by atoms with Crippen LogP contribution in [0.3, 0.4) is 0 Å². The maximum Gasteiger partial charge on any atom is 0.458 e. The SMILES string of the molecule is CCCC1CCC(CCC2CCC(c3cc(F)c(-c4cc(F)c(C#CC(F)(F)F)c(F)c4)c(F)c3)CC2)CC1. The summed E-state index contributed by atoms with van der Waals surface area (Å²) >= 11 is 0. The third-order valence-electron chi connectivity index (χ3n) is 8.69. The fourth-order valence-electron chi connectivity index (χ4n) is 6.55. The molecule has 0 bridgehead atoms. The van der Waals surface area contributed by atoms with E-state index >= 15 is 8.78 Å². The smallest absolute Gasteiger partial charge is 0.206 e. The Labute approximate surface area is 226 Å². The van der Waals surface area contributed by atoms with E-state index in [9.17, 15) is 22.0 Å². The van der Waals surface area contributed by atoms with Crippen molar-refractivity contribution in [2.75, 3.05) is 0 Å². The van der Waals surface area contributed by atoms with Crippen molar-refractivity contribution in [1.82, 2.24) is 0 Å². The van der Waals surface area contributed by atoms with Crippen LogP contribution in [0.2, 0.25) is 0 Å². The van der Waals surface area contributed by atoms with E-state index in [0.29, 0.717) is 23.6 Å². The molecule has 2 fully saturated rings. The first-order chi connectivity index (χ1) is 18.5. The molecule has 0 N–H and O–H groups in total. The van der Waals surface area contributed by atoms with Crippen LogP contribution in [0, 0.1) is 52.9 Å². The summed E-state index contributed by atoms with van der Waals surface area (Å²) in [6.07, 6.45) is 9.23. The molecule has 0 aromatic heterocycles. The van der Waals surface area contributed by atoms with Gasteiger partial charge < -0.3 is 0 Å². The van der Waals surface area contributed by atoms with Gasteiger partial charge in [0.15, 0.2) is 0 Å².